The SMILES string of the molecule is O=C(NC(Cl)C(Cl)(Cl)Cl)c1c[nH]c2ccccc12. The second kappa shape index (κ2) is 5.17. The second-order valence-corrected chi connectivity index (χ2v) is 6.43. The Morgan fingerprint density at radius 1 is 1.28 bits per heavy atom. The third-order valence-electron chi connectivity index (χ3n) is 2.38. The average Bonchev–Trinajstić information content (AvgIpc) is 2.71. The fourth-order valence-corrected chi connectivity index (χ4v) is 1.80. The Balaban J connectivity index is 2.24. The molecule has 1 atom stereocenters. The third-order valence-corrected chi connectivity index (χ3v) is 3.81. The number of H-pyrrole nitrogens is 1. The van der Waals surface area contributed by atoms with Crippen LogP contribution in [0, 0.1) is 0 Å². The van der Waals surface area contributed by atoms with Crippen molar-refractivity contribution in [2.45, 2.75) is 9.29 Å². The van der Waals surface area contributed by atoms with Gasteiger partial charge in [0.05, 0.1) is 5.56 Å². The number of alkyl halides is 4. The number of hydrogen-bond acceptors (Lipinski definition) is 1. The highest BCUT2D eigenvalue weighted by molar-refractivity contribution is 6.70. The van der Waals surface area contributed by atoms with Gasteiger partial charge in [0, 0.05) is 17.1 Å². The highest BCUT2D eigenvalue weighted by Crippen LogP contribution is 2.32. The summed E-state index contributed by atoms with van der Waals surface area (Å²) in [6, 6.07) is 7.38. The second-order valence-electron chi connectivity index (χ2n) is 3.63. The molecule has 1 aromatic heterocycles. The summed E-state index contributed by atoms with van der Waals surface area (Å²) >= 11 is 22.5. The Bertz CT molecular complexity index is 576. The minimum atomic E-state index is -1.76. The van der Waals surface area contributed by atoms with Gasteiger partial charge in [-0.15, -0.1) is 0 Å². The van der Waals surface area contributed by atoms with Crippen molar-refractivity contribution in [1.82, 2.24) is 10.3 Å². The van der Waals surface area contributed by atoms with Crippen molar-refractivity contribution in [3.05, 3.63) is 36.0 Å². The molecule has 18 heavy (non-hydrogen) atoms. The summed E-state index contributed by atoms with van der Waals surface area (Å²) in [6.07, 6.45) is 1.59. The van der Waals surface area contributed by atoms with E-state index in [9.17, 15) is 4.79 Å². The van der Waals surface area contributed by atoms with E-state index in [4.69, 9.17) is 46.4 Å². The minimum Gasteiger partial charge on any atom is -0.360 e. The van der Waals surface area contributed by atoms with Gasteiger partial charge < -0.3 is 10.3 Å². The first-order chi connectivity index (χ1) is 8.39. The van der Waals surface area contributed by atoms with Crippen LogP contribution < -0.4 is 5.32 Å². The number of aromatic nitrogens is 1. The summed E-state index contributed by atoms with van der Waals surface area (Å²) in [6.45, 7) is 0. The van der Waals surface area contributed by atoms with Gasteiger partial charge in [-0.1, -0.05) is 64.6 Å². The maximum Gasteiger partial charge on any atom is 0.254 e. The van der Waals surface area contributed by atoms with Gasteiger partial charge in [0.25, 0.3) is 5.91 Å². The van der Waals surface area contributed by atoms with Crippen molar-refractivity contribution in [2.75, 3.05) is 0 Å². The minimum absolute atomic E-state index is 0.404. The molecule has 0 spiro atoms. The smallest absolute Gasteiger partial charge is 0.254 e. The monoisotopic (exact) mass is 324 g/mol. The molecular formula is C11H8Cl4N2O. The molecule has 2 rings (SSSR count). The summed E-state index contributed by atoms with van der Waals surface area (Å²) in [7, 11) is 0. The predicted molar refractivity (Wildman–Crippen MR) is 75.7 cm³/mol. The first kappa shape index (κ1) is 13.8. The molecule has 1 aromatic carbocycles. The molecule has 0 aliphatic heterocycles. The summed E-state index contributed by atoms with van der Waals surface area (Å²) in [5, 5.41) is 3.21. The topological polar surface area (TPSA) is 44.9 Å². The highest BCUT2D eigenvalue weighted by atomic mass is 35.6. The Kier molecular flexibility index (Phi) is 3.97. The maximum atomic E-state index is 12.0. The quantitative estimate of drug-likeness (QED) is 0.639. The van der Waals surface area contributed by atoms with Gasteiger partial charge in [-0.25, -0.2) is 0 Å². The molecule has 1 unspecified atom stereocenters. The van der Waals surface area contributed by atoms with Crippen LogP contribution in [-0.2, 0) is 0 Å². The number of benzene rings is 1. The molecule has 2 aromatic rings. The molecule has 96 valence electrons. The van der Waals surface area contributed by atoms with Crippen molar-refractivity contribution in [3.8, 4) is 0 Å². The molecule has 7 heteroatoms. The maximum absolute atomic E-state index is 12.0. The van der Waals surface area contributed by atoms with Crippen molar-refractivity contribution in [3.63, 3.8) is 0 Å². The van der Waals surface area contributed by atoms with E-state index in [-0.39, 0.29) is 0 Å². The number of fused-ring (bicyclic) bond motifs is 1. The standard InChI is InChI=1S/C11H8Cl4N2O/c12-10(11(13,14)15)17-9(18)7-5-16-8-4-2-1-3-6(7)8/h1-5,10,16H,(H,17,18). The normalized spacial score (nSPS) is 13.6. The van der Waals surface area contributed by atoms with E-state index in [2.05, 4.69) is 10.3 Å². The van der Waals surface area contributed by atoms with Crippen molar-refractivity contribution < 1.29 is 4.79 Å². The van der Waals surface area contributed by atoms with Crippen molar-refractivity contribution in [1.29, 1.82) is 0 Å². The molecule has 0 fully saturated rings. The van der Waals surface area contributed by atoms with Gasteiger partial charge in [0.15, 0.2) is 5.50 Å². The Morgan fingerprint density at radius 2 is 1.94 bits per heavy atom. The fraction of sp³-hybridized carbons (Fsp3) is 0.182. The van der Waals surface area contributed by atoms with Gasteiger partial charge in [-0.05, 0) is 6.07 Å². The molecule has 0 saturated carbocycles. The number of rotatable bonds is 2. The molecule has 1 heterocycles. The predicted octanol–water partition coefficient (Wildman–Crippen LogP) is 3.83. The molecule has 0 bridgehead atoms. The summed E-state index contributed by atoms with van der Waals surface area (Å²) in [4.78, 5) is 15.0. The number of hydrogen-bond donors (Lipinski definition) is 2. The zero-order valence-corrected chi connectivity index (χ0v) is 11.9. The van der Waals surface area contributed by atoms with E-state index in [0.29, 0.717) is 5.56 Å². The van der Waals surface area contributed by atoms with Gasteiger partial charge in [-0.2, -0.15) is 0 Å². The fourth-order valence-electron chi connectivity index (χ4n) is 1.53. The molecule has 1 amide bonds. The van der Waals surface area contributed by atoms with E-state index in [0.717, 1.165) is 10.9 Å². The van der Waals surface area contributed by atoms with Crippen LogP contribution in [0.25, 0.3) is 10.9 Å². The van der Waals surface area contributed by atoms with Gasteiger partial charge in [0.2, 0.25) is 3.79 Å². The first-order valence-electron chi connectivity index (χ1n) is 4.97. The molecule has 2 N–H and O–H groups in total. The van der Waals surface area contributed by atoms with Crippen LogP contribution in [0.5, 0.6) is 0 Å². The Hall–Kier alpha value is -0.610. The van der Waals surface area contributed by atoms with E-state index in [1.54, 1.807) is 6.20 Å². The van der Waals surface area contributed by atoms with Gasteiger partial charge in [-0.3, -0.25) is 4.79 Å². The summed E-state index contributed by atoms with van der Waals surface area (Å²) in [5.41, 5.74) is 0.191. The van der Waals surface area contributed by atoms with E-state index in [1.807, 2.05) is 24.3 Å². The van der Waals surface area contributed by atoms with Crippen LogP contribution in [0.15, 0.2) is 30.5 Å². The number of amides is 1. The lowest BCUT2D eigenvalue weighted by Crippen LogP contribution is -2.39. The largest absolute Gasteiger partial charge is 0.360 e. The molecule has 0 radical (unpaired) electrons. The van der Waals surface area contributed by atoms with E-state index >= 15 is 0 Å². The lowest BCUT2D eigenvalue weighted by molar-refractivity contribution is 0.0951. The molecule has 0 aliphatic carbocycles. The van der Waals surface area contributed by atoms with Crippen LogP contribution in [0.3, 0.4) is 0 Å². The number of aromatic amines is 1. The average molecular weight is 326 g/mol. The van der Waals surface area contributed by atoms with Crippen molar-refractivity contribution in [2.24, 2.45) is 0 Å². The van der Waals surface area contributed by atoms with Crippen LogP contribution >= 0.6 is 46.4 Å². The molecule has 0 saturated heterocycles. The van der Waals surface area contributed by atoms with Gasteiger partial charge in [0.1, 0.15) is 0 Å². The number of carbonyl (C=O) groups is 1. The first-order valence-corrected chi connectivity index (χ1v) is 6.54. The number of para-hydroxylation sites is 1. The van der Waals surface area contributed by atoms with Crippen LogP contribution in [0.1, 0.15) is 10.4 Å². The lowest BCUT2D eigenvalue weighted by atomic mass is 10.1. The number of halogens is 4. The molecule has 0 aliphatic rings. The lowest BCUT2D eigenvalue weighted by Gasteiger charge is -2.18. The summed E-state index contributed by atoms with van der Waals surface area (Å²) in [5.74, 6) is -0.404. The number of carbonyl (C=O) groups excluding carboxylic acids is 1. The Morgan fingerprint density at radius 3 is 2.61 bits per heavy atom. The van der Waals surface area contributed by atoms with Gasteiger partial charge >= 0.3 is 0 Å². The molecule has 3 nitrogen and oxygen atoms in total. The summed E-state index contributed by atoms with van der Waals surface area (Å²) < 4.78 is -1.76. The van der Waals surface area contributed by atoms with Crippen LogP contribution in [-0.4, -0.2) is 20.2 Å². The zero-order chi connectivity index (χ0) is 13.3. The highest BCUT2D eigenvalue weighted by Gasteiger charge is 2.32. The van der Waals surface area contributed by atoms with E-state index in [1.165, 1.54) is 0 Å². The van der Waals surface area contributed by atoms with Crippen molar-refractivity contribution >= 4 is 63.2 Å². The Labute approximate surface area is 123 Å². The molecular weight excluding hydrogens is 318 g/mol. The van der Waals surface area contributed by atoms with Crippen LogP contribution in [0.4, 0.5) is 0 Å². The number of nitrogens with one attached hydrogen (secondary N) is 2. The zero-order valence-electron chi connectivity index (χ0n) is 8.88. The van der Waals surface area contributed by atoms with Crippen LogP contribution in [0.2, 0.25) is 0 Å². The third kappa shape index (κ3) is 2.86. The van der Waals surface area contributed by atoms with E-state index < -0.39 is 15.2 Å².